The minimum Gasteiger partial charge on any atom is -0.488 e. The van der Waals surface area contributed by atoms with E-state index in [1.165, 1.54) is 0 Å². The van der Waals surface area contributed by atoms with Gasteiger partial charge in [0.1, 0.15) is 12.4 Å². The van der Waals surface area contributed by atoms with Gasteiger partial charge in [0.05, 0.1) is 5.02 Å². The second kappa shape index (κ2) is 6.79. The lowest BCUT2D eigenvalue weighted by atomic mass is 10.2. The fourth-order valence-electron chi connectivity index (χ4n) is 1.31. The Balaban J connectivity index is 2.95. The van der Waals surface area contributed by atoms with Crippen molar-refractivity contribution in [3.8, 4) is 5.75 Å². The zero-order valence-electron chi connectivity index (χ0n) is 9.22. The smallest absolute Gasteiger partial charge is 0.142 e. The Morgan fingerprint density at radius 1 is 1.44 bits per heavy atom. The van der Waals surface area contributed by atoms with Crippen LogP contribution in [0.5, 0.6) is 5.75 Å². The Morgan fingerprint density at radius 2 is 2.19 bits per heavy atom. The Kier molecular flexibility index (Phi) is 5.67. The molecule has 0 aliphatic heterocycles. The Bertz CT molecular complexity index is 366. The molecule has 88 valence electrons. The van der Waals surface area contributed by atoms with Gasteiger partial charge in [0.2, 0.25) is 0 Å². The summed E-state index contributed by atoms with van der Waals surface area (Å²) in [6, 6.07) is 3.53. The van der Waals surface area contributed by atoms with E-state index in [0.717, 1.165) is 12.1 Å². The van der Waals surface area contributed by atoms with Crippen LogP contribution in [0.1, 0.15) is 12.5 Å². The van der Waals surface area contributed by atoms with Crippen molar-refractivity contribution in [3.63, 3.8) is 0 Å². The van der Waals surface area contributed by atoms with Gasteiger partial charge in [-0.15, -0.1) is 0 Å². The number of nitrogens with one attached hydrogen (secondary N) is 1. The fraction of sp³-hybridized carbons (Fsp3) is 0.333. The minimum atomic E-state index is 0.431. The average Bonchev–Trinajstić information content (AvgIpc) is 2.24. The van der Waals surface area contributed by atoms with E-state index < -0.39 is 0 Å². The van der Waals surface area contributed by atoms with Gasteiger partial charge in [-0.1, -0.05) is 42.8 Å². The largest absolute Gasteiger partial charge is 0.488 e. The number of hydrogen-bond acceptors (Lipinski definition) is 2. The maximum absolute atomic E-state index is 6.08. The van der Waals surface area contributed by atoms with Gasteiger partial charge in [-0.3, -0.25) is 0 Å². The van der Waals surface area contributed by atoms with Crippen molar-refractivity contribution in [3.05, 3.63) is 40.4 Å². The average molecular weight is 260 g/mol. The Morgan fingerprint density at radius 3 is 2.81 bits per heavy atom. The van der Waals surface area contributed by atoms with Crippen LogP contribution >= 0.6 is 23.2 Å². The number of hydrogen-bond donors (Lipinski definition) is 1. The lowest BCUT2D eigenvalue weighted by molar-refractivity contribution is 0.358. The van der Waals surface area contributed by atoms with Gasteiger partial charge in [-0.2, -0.15) is 0 Å². The molecule has 0 saturated heterocycles. The fourth-order valence-corrected chi connectivity index (χ4v) is 1.90. The second-order valence-corrected chi connectivity index (χ2v) is 4.10. The van der Waals surface area contributed by atoms with Gasteiger partial charge >= 0.3 is 0 Å². The van der Waals surface area contributed by atoms with Crippen LogP contribution in [0.2, 0.25) is 10.0 Å². The maximum Gasteiger partial charge on any atom is 0.142 e. The number of benzene rings is 1. The van der Waals surface area contributed by atoms with Gasteiger partial charge in [0.15, 0.2) is 0 Å². The predicted molar refractivity (Wildman–Crippen MR) is 69.5 cm³/mol. The zero-order valence-corrected chi connectivity index (χ0v) is 10.7. The molecule has 0 heterocycles. The third kappa shape index (κ3) is 3.71. The van der Waals surface area contributed by atoms with E-state index in [-0.39, 0.29) is 0 Å². The van der Waals surface area contributed by atoms with E-state index >= 15 is 0 Å². The van der Waals surface area contributed by atoms with E-state index in [4.69, 9.17) is 27.9 Å². The molecule has 0 aliphatic rings. The Hall–Kier alpha value is -0.700. The number of halogens is 2. The molecule has 1 aromatic carbocycles. The molecular weight excluding hydrogens is 245 g/mol. The molecular formula is C12H15Cl2NO. The first-order chi connectivity index (χ1) is 7.69. The van der Waals surface area contributed by atoms with Gasteiger partial charge in [-0.25, -0.2) is 0 Å². The van der Waals surface area contributed by atoms with Crippen molar-refractivity contribution in [1.29, 1.82) is 0 Å². The summed E-state index contributed by atoms with van der Waals surface area (Å²) in [7, 11) is 0. The molecule has 0 bridgehead atoms. The first-order valence-corrected chi connectivity index (χ1v) is 5.87. The predicted octanol–water partition coefficient (Wildman–Crippen LogP) is 3.67. The highest BCUT2D eigenvalue weighted by Crippen LogP contribution is 2.32. The molecule has 2 nitrogen and oxygen atoms in total. The molecule has 4 heteroatoms. The van der Waals surface area contributed by atoms with Gasteiger partial charge in [0, 0.05) is 17.1 Å². The molecule has 1 aromatic rings. The summed E-state index contributed by atoms with van der Waals surface area (Å²) in [4.78, 5) is 0. The summed E-state index contributed by atoms with van der Waals surface area (Å²) in [5.74, 6) is 0.673. The first-order valence-electron chi connectivity index (χ1n) is 5.11. The van der Waals surface area contributed by atoms with Crippen LogP contribution < -0.4 is 10.1 Å². The van der Waals surface area contributed by atoms with Crippen LogP contribution in [-0.2, 0) is 6.54 Å². The first kappa shape index (κ1) is 13.4. The van der Waals surface area contributed by atoms with Crippen molar-refractivity contribution in [2.24, 2.45) is 0 Å². The zero-order chi connectivity index (χ0) is 12.0. The molecule has 0 aromatic heterocycles. The van der Waals surface area contributed by atoms with E-state index in [2.05, 4.69) is 11.9 Å². The summed E-state index contributed by atoms with van der Waals surface area (Å²) >= 11 is 12.0. The van der Waals surface area contributed by atoms with Crippen molar-refractivity contribution >= 4 is 23.2 Å². The highest BCUT2D eigenvalue weighted by molar-refractivity contribution is 6.35. The molecule has 0 fully saturated rings. The molecule has 0 aliphatic carbocycles. The third-order valence-corrected chi connectivity index (χ3v) is 2.50. The van der Waals surface area contributed by atoms with Crippen LogP contribution in [0.3, 0.4) is 0 Å². The number of ether oxygens (including phenoxy) is 1. The quantitative estimate of drug-likeness (QED) is 0.788. The van der Waals surface area contributed by atoms with Crippen molar-refractivity contribution in [1.82, 2.24) is 5.32 Å². The normalized spacial score (nSPS) is 10.2. The summed E-state index contributed by atoms with van der Waals surface area (Å²) in [6.07, 6.45) is 1.68. The van der Waals surface area contributed by atoms with Crippen molar-refractivity contribution in [2.45, 2.75) is 13.5 Å². The molecule has 0 saturated carbocycles. The van der Waals surface area contributed by atoms with Crippen molar-refractivity contribution < 1.29 is 4.74 Å². The van der Waals surface area contributed by atoms with E-state index in [0.29, 0.717) is 28.9 Å². The van der Waals surface area contributed by atoms with Crippen molar-refractivity contribution in [2.75, 3.05) is 13.2 Å². The second-order valence-electron chi connectivity index (χ2n) is 3.26. The summed E-state index contributed by atoms with van der Waals surface area (Å²) < 4.78 is 5.52. The molecule has 0 amide bonds. The lowest BCUT2D eigenvalue weighted by Gasteiger charge is -2.13. The van der Waals surface area contributed by atoms with Crippen LogP contribution in [0.15, 0.2) is 24.8 Å². The summed E-state index contributed by atoms with van der Waals surface area (Å²) in [5.41, 5.74) is 0.959. The Labute approximate surface area is 106 Å². The molecule has 1 N–H and O–H groups in total. The molecule has 0 spiro atoms. The van der Waals surface area contributed by atoms with Gasteiger partial charge in [0.25, 0.3) is 0 Å². The van der Waals surface area contributed by atoms with E-state index in [9.17, 15) is 0 Å². The highest BCUT2D eigenvalue weighted by atomic mass is 35.5. The summed E-state index contributed by atoms with van der Waals surface area (Å²) in [5, 5.41) is 4.36. The lowest BCUT2D eigenvalue weighted by Crippen LogP contribution is -2.13. The van der Waals surface area contributed by atoms with Gasteiger partial charge < -0.3 is 10.1 Å². The third-order valence-electron chi connectivity index (χ3n) is 2.00. The SMILES string of the molecule is C=CCOc1c(Cl)cc(Cl)cc1CNCC. The number of rotatable bonds is 6. The van der Waals surface area contributed by atoms with E-state index in [1.807, 2.05) is 13.0 Å². The van der Waals surface area contributed by atoms with E-state index in [1.54, 1.807) is 12.1 Å². The highest BCUT2D eigenvalue weighted by Gasteiger charge is 2.09. The molecule has 16 heavy (non-hydrogen) atoms. The maximum atomic E-state index is 6.08. The molecule has 1 rings (SSSR count). The molecule has 0 radical (unpaired) electrons. The standard InChI is InChI=1S/C12H15Cl2NO/c1-3-5-16-12-9(8-15-4-2)6-10(13)7-11(12)14/h3,6-7,15H,1,4-5,8H2,2H3. The van der Waals surface area contributed by atoms with Gasteiger partial charge in [-0.05, 0) is 18.7 Å². The molecule has 0 unspecified atom stereocenters. The minimum absolute atomic E-state index is 0.431. The topological polar surface area (TPSA) is 21.3 Å². The van der Waals surface area contributed by atoms with Crippen LogP contribution in [0.25, 0.3) is 0 Å². The van der Waals surface area contributed by atoms with Crippen LogP contribution in [0.4, 0.5) is 0 Å². The van der Waals surface area contributed by atoms with Crippen LogP contribution in [-0.4, -0.2) is 13.2 Å². The monoisotopic (exact) mass is 259 g/mol. The summed E-state index contributed by atoms with van der Waals surface area (Å²) in [6.45, 7) is 7.64. The van der Waals surface area contributed by atoms with Crippen LogP contribution in [0, 0.1) is 0 Å². The molecule has 0 atom stereocenters.